The van der Waals surface area contributed by atoms with Gasteiger partial charge in [-0.05, 0) is 31.5 Å². The summed E-state index contributed by atoms with van der Waals surface area (Å²) in [5.41, 5.74) is 0.597. The molecule has 0 aromatic heterocycles. The summed E-state index contributed by atoms with van der Waals surface area (Å²) in [6.07, 6.45) is -4.79. The fourth-order valence-corrected chi connectivity index (χ4v) is 1.12. The molecule has 0 heterocycles. The summed E-state index contributed by atoms with van der Waals surface area (Å²) in [6, 6.07) is 4.10. The highest BCUT2D eigenvalue weighted by Gasteiger charge is 2.32. The molecule has 0 radical (unpaired) electrons. The number of alkyl halides is 3. The first-order valence-electron chi connectivity index (χ1n) is 4.76. The van der Waals surface area contributed by atoms with Crippen molar-refractivity contribution in [3.05, 3.63) is 23.8 Å². The van der Waals surface area contributed by atoms with Gasteiger partial charge in [-0.3, -0.25) is 4.79 Å². The van der Waals surface area contributed by atoms with Gasteiger partial charge in [0.2, 0.25) is 0 Å². The Morgan fingerprint density at radius 2 is 1.94 bits per heavy atom. The summed E-state index contributed by atoms with van der Waals surface area (Å²) in [4.78, 5) is 10.7. The van der Waals surface area contributed by atoms with Crippen molar-refractivity contribution >= 4 is 5.78 Å². The highest BCUT2D eigenvalue weighted by Crippen LogP contribution is 2.32. The maximum absolute atomic E-state index is 12.1. The van der Waals surface area contributed by atoms with Crippen LogP contribution < -0.4 is 9.47 Å². The second kappa shape index (κ2) is 5.07. The van der Waals surface area contributed by atoms with Gasteiger partial charge < -0.3 is 9.47 Å². The molecule has 0 saturated heterocycles. The topological polar surface area (TPSA) is 35.5 Å². The van der Waals surface area contributed by atoms with Crippen LogP contribution in [0.2, 0.25) is 0 Å². The van der Waals surface area contributed by atoms with E-state index in [1.165, 1.54) is 19.1 Å². The smallest absolute Gasteiger partial charge is 0.482 e. The van der Waals surface area contributed by atoms with E-state index in [0.29, 0.717) is 5.56 Å². The number of hydrogen-bond donors (Lipinski definition) is 0. The molecule has 0 aliphatic rings. The fourth-order valence-electron chi connectivity index (χ4n) is 1.12. The van der Waals surface area contributed by atoms with Gasteiger partial charge in [0.15, 0.2) is 17.3 Å². The van der Waals surface area contributed by atoms with Crippen molar-refractivity contribution in [1.29, 1.82) is 0 Å². The quantitative estimate of drug-likeness (QED) is 0.821. The zero-order chi connectivity index (χ0) is 13.1. The van der Waals surface area contributed by atoms with Crippen molar-refractivity contribution in [2.45, 2.75) is 20.2 Å². The molecule has 0 atom stereocenters. The van der Waals surface area contributed by atoms with Crippen LogP contribution in [0.25, 0.3) is 0 Å². The summed E-state index contributed by atoms with van der Waals surface area (Å²) in [5.74, 6) is -0.842. The van der Waals surface area contributed by atoms with Crippen LogP contribution in [0, 0.1) is 6.92 Å². The number of ether oxygens (including phenoxy) is 2. The number of carbonyl (C=O) groups excluding carboxylic acids is 1. The minimum absolute atomic E-state index is 0.108. The van der Waals surface area contributed by atoms with Crippen molar-refractivity contribution in [1.82, 2.24) is 0 Å². The number of halogens is 3. The maximum Gasteiger partial charge on any atom is 0.573 e. The van der Waals surface area contributed by atoms with E-state index in [1.54, 1.807) is 13.0 Å². The van der Waals surface area contributed by atoms with Gasteiger partial charge in [0.25, 0.3) is 0 Å². The Labute approximate surface area is 96.1 Å². The van der Waals surface area contributed by atoms with Crippen molar-refractivity contribution in [2.24, 2.45) is 0 Å². The van der Waals surface area contributed by atoms with Gasteiger partial charge in [-0.2, -0.15) is 0 Å². The van der Waals surface area contributed by atoms with Gasteiger partial charge in [-0.15, -0.1) is 13.2 Å². The lowest BCUT2D eigenvalue weighted by Gasteiger charge is -2.14. The van der Waals surface area contributed by atoms with Crippen molar-refractivity contribution in [2.75, 3.05) is 6.61 Å². The summed E-state index contributed by atoms with van der Waals surface area (Å²) in [6.45, 7) is 2.60. The Balaban J connectivity index is 2.91. The Morgan fingerprint density at radius 3 is 2.47 bits per heavy atom. The van der Waals surface area contributed by atoms with E-state index in [9.17, 15) is 18.0 Å². The van der Waals surface area contributed by atoms with Crippen LogP contribution in [0.3, 0.4) is 0 Å². The Hall–Kier alpha value is -1.72. The first kappa shape index (κ1) is 13.3. The molecule has 0 spiro atoms. The van der Waals surface area contributed by atoms with Gasteiger partial charge in [0.1, 0.15) is 6.61 Å². The highest BCUT2D eigenvalue weighted by molar-refractivity contribution is 5.77. The third-order valence-electron chi connectivity index (χ3n) is 1.76. The highest BCUT2D eigenvalue weighted by atomic mass is 19.4. The van der Waals surface area contributed by atoms with Crippen LogP contribution in [0.1, 0.15) is 12.5 Å². The minimum atomic E-state index is -4.79. The van der Waals surface area contributed by atoms with Gasteiger partial charge in [-0.1, -0.05) is 6.07 Å². The predicted molar refractivity (Wildman–Crippen MR) is 54.0 cm³/mol. The van der Waals surface area contributed by atoms with Gasteiger partial charge in [0.05, 0.1) is 0 Å². The van der Waals surface area contributed by atoms with Crippen LogP contribution in [0.4, 0.5) is 13.2 Å². The van der Waals surface area contributed by atoms with Crippen LogP contribution in [0.15, 0.2) is 18.2 Å². The van der Waals surface area contributed by atoms with Gasteiger partial charge in [0, 0.05) is 0 Å². The average molecular weight is 248 g/mol. The van der Waals surface area contributed by atoms with Crippen LogP contribution in [-0.4, -0.2) is 18.8 Å². The number of Topliss-reactive ketones (excluding diaryl/α,β-unsaturated/α-hetero) is 1. The Kier molecular flexibility index (Phi) is 3.98. The Bertz CT molecular complexity index is 413. The molecule has 0 aliphatic carbocycles. The van der Waals surface area contributed by atoms with E-state index >= 15 is 0 Å². The molecule has 0 N–H and O–H groups in total. The van der Waals surface area contributed by atoms with Crippen molar-refractivity contribution < 1.29 is 27.4 Å². The largest absolute Gasteiger partial charge is 0.573 e. The van der Waals surface area contributed by atoms with E-state index < -0.39 is 12.1 Å². The Morgan fingerprint density at radius 1 is 1.29 bits per heavy atom. The standard InChI is InChI=1S/C11H11F3O3/c1-7-3-4-9(16-6-8(2)15)10(5-7)17-11(12,13)14/h3-5H,6H2,1-2H3. The third-order valence-corrected chi connectivity index (χ3v) is 1.76. The second-order valence-electron chi connectivity index (χ2n) is 3.49. The first-order valence-corrected chi connectivity index (χ1v) is 4.76. The van der Waals surface area contributed by atoms with Crippen molar-refractivity contribution in [3.63, 3.8) is 0 Å². The average Bonchev–Trinajstić information content (AvgIpc) is 2.13. The molecule has 17 heavy (non-hydrogen) atoms. The zero-order valence-corrected chi connectivity index (χ0v) is 9.30. The number of rotatable bonds is 4. The molecule has 0 aliphatic heterocycles. The molecule has 0 fully saturated rings. The van der Waals surface area contributed by atoms with E-state index in [-0.39, 0.29) is 18.1 Å². The molecule has 94 valence electrons. The van der Waals surface area contributed by atoms with E-state index in [1.807, 2.05) is 0 Å². The van der Waals surface area contributed by atoms with Crippen LogP contribution in [0.5, 0.6) is 11.5 Å². The molecule has 0 unspecified atom stereocenters. The molecule has 0 amide bonds. The van der Waals surface area contributed by atoms with Gasteiger partial charge in [-0.25, -0.2) is 0 Å². The SMILES string of the molecule is CC(=O)COc1ccc(C)cc1OC(F)(F)F. The zero-order valence-electron chi connectivity index (χ0n) is 9.30. The van der Waals surface area contributed by atoms with E-state index in [2.05, 4.69) is 4.74 Å². The molecule has 1 aromatic rings. The minimum Gasteiger partial charge on any atom is -0.482 e. The summed E-state index contributed by atoms with van der Waals surface area (Å²) in [7, 11) is 0. The molecular weight excluding hydrogens is 237 g/mol. The maximum atomic E-state index is 12.1. The lowest BCUT2D eigenvalue weighted by Crippen LogP contribution is -2.18. The fraction of sp³-hybridized carbons (Fsp3) is 0.364. The summed E-state index contributed by atoms with van der Waals surface area (Å²) < 4.78 is 45.1. The molecule has 0 saturated carbocycles. The number of ketones is 1. The van der Waals surface area contributed by atoms with Gasteiger partial charge >= 0.3 is 6.36 Å². The monoisotopic (exact) mass is 248 g/mol. The predicted octanol–water partition coefficient (Wildman–Crippen LogP) is 2.86. The molecule has 3 nitrogen and oxygen atoms in total. The lowest BCUT2D eigenvalue weighted by atomic mass is 10.2. The number of aryl methyl sites for hydroxylation is 1. The molecule has 1 rings (SSSR count). The van der Waals surface area contributed by atoms with Crippen LogP contribution >= 0.6 is 0 Å². The molecule has 0 bridgehead atoms. The first-order chi connectivity index (χ1) is 7.78. The van der Waals surface area contributed by atoms with Crippen LogP contribution in [-0.2, 0) is 4.79 Å². The molecule has 1 aromatic carbocycles. The number of carbonyl (C=O) groups is 1. The normalized spacial score (nSPS) is 11.1. The third kappa shape index (κ3) is 4.76. The lowest BCUT2D eigenvalue weighted by molar-refractivity contribution is -0.275. The number of benzene rings is 1. The second-order valence-corrected chi connectivity index (χ2v) is 3.49. The van der Waals surface area contributed by atoms with Crippen molar-refractivity contribution in [3.8, 4) is 11.5 Å². The van der Waals surface area contributed by atoms with E-state index in [0.717, 1.165) is 0 Å². The number of hydrogen-bond acceptors (Lipinski definition) is 3. The molecule has 6 heteroatoms. The molecular formula is C11H11F3O3. The summed E-state index contributed by atoms with van der Waals surface area (Å²) in [5, 5.41) is 0. The summed E-state index contributed by atoms with van der Waals surface area (Å²) >= 11 is 0. The van der Waals surface area contributed by atoms with E-state index in [4.69, 9.17) is 4.74 Å².